The van der Waals surface area contributed by atoms with Gasteiger partial charge in [0.25, 0.3) is 11.8 Å². The van der Waals surface area contributed by atoms with Crippen molar-refractivity contribution in [1.82, 2.24) is 13.6 Å². The van der Waals surface area contributed by atoms with Crippen LogP contribution < -0.4 is 0 Å². The van der Waals surface area contributed by atoms with Gasteiger partial charge in [-0.25, -0.2) is 0 Å². The molecule has 5 nitrogen and oxygen atoms in total. The van der Waals surface area contributed by atoms with Crippen LogP contribution in [0.25, 0.3) is 31.9 Å². The van der Waals surface area contributed by atoms with E-state index in [1.165, 1.54) is 22.7 Å². The molecule has 4 heterocycles. The third-order valence-electron chi connectivity index (χ3n) is 4.92. The molecule has 0 saturated carbocycles. The first-order chi connectivity index (χ1) is 18.0. The van der Waals surface area contributed by atoms with Gasteiger partial charge in [0.1, 0.15) is 11.0 Å². The lowest BCUT2D eigenvalue weighted by atomic mass is 9.93. The summed E-state index contributed by atoms with van der Waals surface area (Å²) in [4.78, 5) is 29.8. The van der Waals surface area contributed by atoms with Gasteiger partial charge in [0.2, 0.25) is 0 Å². The summed E-state index contributed by atoms with van der Waals surface area (Å²) in [6.07, 6.45) is 0. The lowest BCUT2D eigenvalue weighted by molar-refractivity contribution is 0.0735. The van der Waals surface area contributed by atoms with Gasteiger partial charge < -0.3 is 0 Å². The number of fused-ring (bicyclic) bond motifs is 2. The molecule has 0 atom stereocenters. The monoisotopic (exact) mass is 659 g/mol. The minimum Gasteiger partial charge on any atom is -0.267 e. The number of aromatic nitrogens is 2. The van der Waals surface area contributed by atoms with Crippen LogP contribution in [0.2, 0.25) is 0 Å². The van der Waals surface area contributed by atoms with Crippen LogP contribution in [0.3, 0.4) is 0 Å². The van der Waals surface area contributed by atoms with Gasteiger partial charge in [-0.05, 0) is 86.7 Å². The summed E-state index contributed by atoms with van der Waals surface area (Å²) in [6.45, 7) is 1.68. The normalized spacial score (nSPS) is 11.2. The summed E-state index contributed by atoms with van der Waals surface area (Å²) >= 11 is 10.9. The summed E-state index contributed by atoms with van der Waals surface area (Å²) in [5.41, 5.74) is 2.79. The first-order valence-corrected chi connectivity index (χ1v) is 14.1. The van der Waals surface area contributed by atoms with Gasteiger partial charge in [0.15, 0.2) is 0 Å². The number of nitrogens with zero attached hydrogens (tertiary/aromatic N) is 3. The van der Waals surface area contributed by atoms with Gasteiger partial charge >= 0.3 is 0 Å². The zero-order valence-corrected chi connectivity index (χ0v) is 24.1. The number of amides is 2. The lowest BCUT2D eigenvalue weighted by Crippen LogP contribution is -2.24. The van der Waals surface area contributed by atoms with Crippen molar-refractivity contribution in [3.63, 3.8) is 0 Å². The second-order valence-electron chi connectivity index (χ2n) is 6.98. The van der Waals surface area contributed by atoms with E-state index in [0.717, 1.165) is 34.0 Å². The van der Waals surface area contributed by atoms with Crippen molar-refractivity contribution >= 4 is 89.1 Å². The van der Waals surface area contributed by atoms with Crippen molar-refractivity contribution in [2.45, 2.75) is 6.92 Å². The maximum Gasteiger partial charge on any atom is 0.274 e. The molecule has 5 rings (SSSR count). The van der Waals surface area contributed by atoms with Crippen LogP contribution in [0.1, 0.15) is 27.6 Å². The summed E-state index contributed by atoms with van der Waals surface area (Å²) in [6, 6.07) is 10.1. The van der Waals surface area contributed by atoms with E-state index in [4.69, 9.17) is 0 Å². The van der Waals surface area contributed by atoms with E-state index in [1.54, 1.807) is 6.92 Å². The molecule has 10 heteroatoms. The van der Waals surface area contributed by atoms with E-state index in [-0.39, 0.29) is 11.1 Å². The minimum atomic E-state index is -0.532. The molecule has 37 heavy (non-hydrogen) atoms. The Bertz CT molecular complexity index is 1870. The Kier molecular flexibility index (Phi) is 7.27. The van der Waals surface area contributed by atoms with Crippen LogP contribution in [0.4, 0.5) is 0 Å². The highest BCUT2D eigenvalue weighted by molar-refractivity contribution is 9.11. The van der Waals surface area contributed by atoms with E-state index < -0.39 is 11.8 Å². The first-order valence-electron chi connectivity index (χ1n) is 10.2. The molecule has 3 aromatic heterocycles. The summed E-state index contributed by atoms with van der Waals surface area (Å²) in [5.74, 6) is 21.9. The molecule has 0 fully saturated rings. The molecule has 0 saturated heterocycles. The van der Waals surface area contributed by atoms with Crippen LogP contribution in [0, 0.1) is 59.3 Å². The predicted octanol–water partition coefficient (Wildman–Crippen LogP) is 6.26. The fourth-order valence-corrected chi connectivity index (χ4v) is 7.00. The fourth-order valence-electron chi connectivity index (χ4n) is 3.56. The number of benzene rings is 1. The topological polar surface area (TPSA) is 63.2 Å². The molecule has 1 aromatic carbocycles. The van der Waals surface area contributed by atoms with Crippen molar-refractivity contribution < 1.29 is 9.59 Å². The van der Waals surface area contributed by atoms with Gasteiger partial charge in [-0.2, -0.15) is 13.6 Å². The molecule has 0 radical (unpaired) electrons. The van der Waals surface area contributed by atoms with E-state index in [2.05, 4.69) is 99.9 Å². The molecule has 2 amide bonds. The Morgan fingerprint density at radius 1 is 0.676 bits per heavy atom. The number of rotatable bonds is 2. The van der Waals surface area contributed by atoms with Crippen LogP contribution in [-0.4, -0.2) is 25.5 Å². The highest BCUT2D eigenvalue weighted by atomic mass is 79.9. The predicted molar refractivity (Wildman–Crippen MR) is 154 cm³/mol. The molecular weight excluding hydrogens is 654 g/mol. The summed E-state index contributed by atoms with van der Waals surface area (Å²) < 4.78 is 10.8. The number of thiophene rings is 2. The van der Waals surface area contributed by atoms with Crippen LogP contribution in [-0.2, 0) is 0 Å². The van der Waals surface area contributed by atoms with Crippen LogP contribution in [0.5, 0.6) is 0 Å². The summed E-state index contributed by atoms with van der Waals surface area (Å²) in [5, 5.41) is 0. The van der Waals surface area contributed by atoms with E-state index in [1.807, 2.05) is 24.3 Å². The number of hydrogen-bond acceptors (Lipinski definition) is 7. The standard InChI is InChI=1S/C27H7Br2N3O2S3/c1-2-3-4-5-6-7-8-9-10-15-32-26(33)22-20(16-11-13-18(28)35-16)24-25(31-37-30-24)21(23(22)27(32)34)17-12-14-19(29)36-17/h11-14H,1H3. The Balaban J connectivity index is 1.67. The lowest BCUT2D eigenvalue weighted by Gasteiger charge is -2.09. The van der Waals surface area contributed by atoms with E-state index in [9.17, 15) is 9.59 Å². The van der Waals surface area contributed by atoms with Gasteiger partial charge in [-0.1, -0.05) is 5.92 Å². The second kappa shape index (κ2) is 10.8. The van der Waals surface area contributed by atoms with Crippen LogP contribution >= 0.6 is 66.3 Å². The van der Waals surface area contributed by atoms with E-state index >= 15 is 0 Å². The minimum absolute atomic E-state index is 0.258. The molecular formula is C27H7Br2N3O2S3. The maximum absolute atomic E-state index is 13.7. The first kappa shape index (κ1) is 25.0. The van der Waals surface area contributed by atoms with Crippen molar-refractivity contribution in [1.29, 1.82) is 0 Å². The summed E-state index contributed by atoms with van der Waals surface area (Å²) in [7, 11) is 0. The van der Waals surface area contributed by atoms with Crippen molar-refractivity contribution in [3.8, 4) is 80.2 Å². The number of carbonyl (C=O) groups excluding carboxylic acids is 2. The maximum atomic E-state index is 13.7. The van der Waals surface area contributed by atoms with Crippen molar-refractivity contribution in [3.05, 3.63) is 43.0 Å². The number of carbonyl (C=O) groups is 2. The van der Waals surface area contributed by atoms with Crippen molar-refractivity contribution in [2.75, 3.05) is 0 Å². The molecule has 0 spiro atoms. The average Bonchev–Trinajstić information content (AvgIpc) is 3.67. The molecule has 0 aliphatic carbocycles. The Morgan fingerprint density at radius 3 is 1.57 bits per heavy atom. The average molecular weight is 661 g/mol. The molecule has 0 bridgehead atoms. The van der Waals surface area contributed by atoms with Gasteiger partial charge in [-0.15, -0.1) is 22.7 Å². The zero-order valence-electron chi connectivity index (χ0n) is 18.4. The van der Waals surface area contributed by atoms with Gasteiger partial charge in [-0.3, -0.25) is 9.59 Å². The quantitative estimate of drug-likeness (QED) is 0.188. The Hall–Kier alpha value is -3.66. The van der Waals surface area contributed by atoms with Gasteiger partial charge in [0, 0.05) is 50.6 Å². The molecule has 4 aromatic rings. The third-order valence-corrected chi connectivity index (χ3v) is 8.73. The molecule has 174 valence electrons. The van der Waals surface area contributed by atoms with Crippen molar-refractivity contribution in [2.24, 2.45) is 0 Å². The highest BCUT2D eigenvalue weighted by Crippen LogP contribution is 2.48. The Labute approximate surface area is 240 Å². The highest BCUT2D eigenvalue weighted by Gasteiger charge is 2.42. The molecule has 1 aliphatic heterocycles. The molecule has 0 unspecified atom stereocenters. The largest absolute Gasteiger partial charge is 0.274 e. The third kappa shape index (κ3) is 4.73. The van der Waals surface area contributed by atoms with Gasteiger partial charge in [0.05, 0.1) is 30.4 Å². The second-order valence-corrected chi connectivity index (χ2v) is 12.4. The smallest absolute Gasteiger partial charge is 0.267 e. The van der Waals surface area contributed by atoms with Crippen LogP contribution in [0.15, 0.2) is 31.8 Å². The Morgan fingerprint density at radius 2 is 1.14 bits per heavy atom. The van der Waals surface area contributed by atoms with E-state index in [0.29, 0.717) is 22.2 Å². The molecule has 0 N–H and O–H groups in total. The fraction of sp³-hybridized carbons (Fsp3) is 0.0370. The number of halogens is 2. The zero-order chi connectivity index (χ0) is 25.9. The number of hydrogen-bond donors (Lipinski definition) is 0. The molecule has 1 aliphatic rings. The number of imide groups is 1. The SMILES string of the molecule is CC#CC#CC#CC#CC#CN1C(=O)c2c(c(-c3ccc(Br)s3)c3nsnc3c2-c2ccc(Br)s2)C1=O.